The number of halogens is 1. The first-order valence-electron chi connectivity index (χ1n) is 7.01. The maximum absolute atomic E-state index is 12.7. The van der Waals surface area contributed by atoms with Gasteiger partial charge < -0.3 is 14.8 Å². The third-order valence-corrected chi connectivity index (χ3v) is 4.23. The lowest BCUT2D eigenvalue weighted by molar-refractivity contribution is 0.0719. The molecule has 0 spiro atoms. The lowest BCUT2D eigenvalue weighted by Gasteiger charge is -2.26. The highest BCUT2D eigenvalue weighted by Gasteiger charge is 2.35. The second-order valence-electron chi connectivity index (χ2n) is 5.64. The Morgan fingerprint density at radius 3 is 2.84 bits per heavy atom. The van der Waals surface area contributed by atoms with E-state index in [1.54, 1.807) is 12.3 Å². The first kappa shape index (κ1) is 13.0. The molecule has 1 atom stereocenters. The van der Waals surface area contributed by atoms with Crippen molar-refractivity contribution in [1.82, 2.24) is 14.8 Å². The molecule has 1 saturated heterocycles. The molecule has 1 aliphatic heterocycles. The van der Waals surface area contributed by atoms with Crippen LogP contribution in [0.1, 0.15) is 36.2 Å². The van der Waals surface area contributed by atoms with E-state index in [-0.39, 0.29) is 5.91 Å². The summed E-state index contributed by atoms with van der Waals surface area (Å²) >= 11 is 5.98. The highest BCUT2D eigenvalue weighted by molar-refractivity contribution is 6.31. The van der Waals surface area contributed by atoms with Gasteiger partial charge in [-0.1, -0.05) is 11.6 Å². The molecular weight excluding hydrogens is 262 g/mol. The molecule has 0 bridgehead atoms. The summed E-state index contributed by atoms with van der Waals surface area (Å²) in [5.41, 5.74) is 0.690. The maximum atomic E-state index is 12.7. The molecule has 1 aliphatic carbocycles. The van der Waals surface area contributed by atoms with Gasteiger partial charge in [0.2, 0.25) is 0 Å². The molecule has 2 aliphatic rings. The van der Waals surface area contributed by atoms with Gasteiger partial charge in [0.15, 0.2) is 0 Å². The Labute approximate surface area is 118 Å². The molecule has 1 amide bonds. The molecule has 5 heteroatoms. The van der Waals surface area contributed by atoms with Gasteiger partial charge >= 0.3 is 0 Å². The Balaban J connectivity index is 1.75. The van der Waals surface area contributed by atoms with Crippen LogP contribution in [0.25, 0.3) is 0 Å². The van der Waals surface area contributed by atoms with Crippen molar-refractivity contribution in [3.05, 3.63) is 23.0 Å². The second kappa shape index (κ2) is 5.17. The Morgan fingerprint density at radius 2 is 2.32 bits per heavy atom. The monoisotopic (exact) mass is 281 g/mol. The van der Waals surface area contributed by atoms with E-state index in [4.69, 9.17) is 11.6 Å². The van der Waals surface area contributed by atoms with Gasteiger partial charge in [-0.05, 0) is 38.3 Å². The molecule has 1 aromatic rings. The summed E-state index contributed by atoms with van der Waals surface area (Å²) in [4.78, 5) is 14.7. The van der Waals surface area contributed by atoms with Gasteiger partial charge in [-0.2, -0.15) is 0 Å². The molecule has 0 radical (unpaired) electrons. The fraction of sp³-hybridized carbons (Fsp3) is 0.643. The highest BCUT2D eigenvalue weighted by atomic mass is 35.5. The van der Waals surface area contributed by atoms with Crippen LogP contribution < -0.4 is 5.32 Å². The number of aryl methyl sites for hydroxylation is 1. The largest absolute Gasteiger partial charge is 0.345 e. The van der Waals surface area contributed by atoms with Crippen LogP contribution in [0, 0.1) is 0 Å². The minimum atomic E-state index is 0.116. The van der Waals surface area contributed by atoms with Crippen molar-refractivity contribution < 1.29 is 4.79 Å². The van der Waals surface area contributed by atoms with E-state index in [1.165, 1.54) is 12.8 Å². The van der Waals surface area contributed by atoms with E-state index < -0.39 is 0 Å². The molecule has 1 unspecified atom stereocenters. The van der Waals surface area contributed by atoms with Crippen molar-refractivity contribution in [3.8, 4) is 0 Å². The van der Waals surface area contributed by atoms with E-state index in [2.05, 4.69) is 5.32 Å². The number of rotatable bonds is 4. The average Bonchev–Trinajstić information content (AvgIpc) is 2.97. The fourth-order valence-electron chi connectivity index (χ4n) is 2.82. The molecule has 19 heavy (non-hydrogen) atoms. The quantitative estimate of drug-likeness (QED) is 0.917. The molecule has 1 saturated carbocycles. The van der Waals surface area contributed by atoms with Crippen molar-refractivity contribution >= 4 is 17.5 Å². The topological polar surface area (TPSA) is 37.3 Å². The van der Waals surface area contributed by atoms with E-state index in [0.29, 0.717) is 22.8 Å². The number of nitrogens with zero attached hydrogens (tertiary/aromatic N) is 2. The number of carbonyl (C=O) groups excluding carboxylic acids is 1. The second-order valence-corrected chi connectivity index (χ2v) is 6.07. The lowest BCUT2D eigenvalue weighted by atomic mass is 10.2. The van der Waals surface area contributed by atoms with E-state index in [0.717, 1.165) is 25.9 Å². The Hall–Kier alpha value is -1.00. The SMILES string of the molecule is Cn1cc(Cl)cc1C(=O)N(CC1CCCN1)C1CC1. The number of amides is 1. The van der Waals surface area contributed by atoms with Gasteiger partial charge in [0.05, 0.1) is 5.02 Å². The summed E-state index contributed by atoms with van der Waals surface area (Å²) in [6.07, 6.45) is 6.44. The molecular formula is C14H20ClN3O. The standard InChI is InChI=1S/C14H20ClN3O/c1-17-8-10(15)7-13(17)14(19)18(12-4-5-12)9-11-3-2-6-16-11/h7-8,11-12,16H,2-6,9H2,1H3. The molecule has 104 valence electrons. The van der Waals surface area contributed by atoms with Gasteiger partial charge in [0.1, 0.15) is 5.69 Å². The zero-order valence-corrected chi connectivity index (χ0v) is 12.0. The zero-order chi connectivity index (χ0) is 13.4. The van der Waals surface area contributed by atoms with E-state index >= 15 is 0 Å². The van der Waals surface area contributed by atoms with Crippen molar-refractivity contribution in [1.29, 1.82) is 0 Å². The maximum Gasteiger partial charge on any atom is 0.270 e. The first-order valence-corrected chi connectivity index (χ1v) is 7.39. The van der Waals surface area contributed by atoms with Crippen LogP contribution in [0.5, 0.6) is 0 Å². The third kappa shape index (κ3) is 2.79. The summed E-state index contributed by atoms with van der Waals surface area (Å²) in [7, 11) is 1.87. The van der Waals surface area contributed by atoms with Gasteiger partial charge in [-0.15, -0.1) is 0 Å². The van der Waals surface area contributed by atoms with Gasteiger partial charge in [-0.3, -0.25) is 4.79 Å². The van der Waals surface area contributed by atoms with E-state index in [1.807, 2.05) is 16.5 Å². The highest BCUT2D eigenvalue weighted by Crippen LogP contribution is 2.29. The zero-order valence-electron chi connectivity index (χ0n) is 11.2. The molecule has 1 N–H and O–H groups in total. The van der Waals surface area contributed by atoms with Crippen LogP contribution >= 0.6 is 11.6 Å². The fourth-order valence-corrected chi connectivity index (χ4v) is 3.07. The summed E-state index contributed by atoms with van der Waals surface area (Å²) in [6.45, 7) is 1.90. The number of nitrogens with one attached hydrogen (secondary N) is 1. The number of carbonyl (C=O) groups is 1. The van der Waals surface area contributed by atoms with E-state index in [9.17, 15) is 4.79 Å². The van der Waals surface area contributed by atoms with Crippen molar-refractivity contribution in [2.24, 2.45) is 7.05 Å². The van der Waals surface area contributed by atoms with Gasteiger partial charge in [-0.25, -0.2) is 0 Å². The molecule has 4 nitrogen and oxygen atoms in total. The molecule has 0 aromatic carbocycles. The molecule has 2 heterocycles. The normalized spacial score (nSPS) is 22.7. The third-order valence-electron chi connectivity index (χ3n) is 4.02. The predicted molar refractivity (Wildman–Crippen MR) is 75.5 cm³/mol. The van der Waals surface area contributed by atoms with Gasteiger partial charge in [0.25, 0.3) is 5.91 Å². The first-order chi connectivity index (χ1) is 9.15. The van der Waals surface area contributed by atoms with Crippen LogP contribution in [0.3, 0.4) is 0 Å². The Morgan fingerprint density at radius 1 is 1.53 bits per heavy atom. The summed E-state index contributed by atoms with van der Waals surface area (Å²) in [5.74, 6) is 0.116. The van der Waals surface area contributed by atoms with Gasteiger partial charge in [0, 0.05) is 31.9 Å². The van der Waals surface area contributed by atoms with Crippen LogP contribution in [-0.4, -0.2) is 40.5 Å². The molecule has 2 fully saturated rings. The van der Waals surface area contributed by atoms with Crippen LogP contribution in [0.15, 0.2) is 12.3 Å². The van der Waals surface area contributed by atoms with Crippen LogP contribution in [-0.2, 0) is 7.05 Å². The molecule has 3 rings (SSSR count). The van der Waals surface area contributed by atoms with Crippen molar-refractivity contribution in [3.63, 3.8) is 0 Å². The number of hydrogen-bond donors (Lipinski definition) is 1. The van der Waals surface area contributed by atoms with Crippen LogP contribution in [0.4, 0.5) is 0 Å². The number of aromatic nitrogens is 1. The van der Waals surface area contributed by atoms with Crippen LogP contribution in [0.2, 0.25) is 5.02 Å². The lowest BCUT2D eigenvalue weighted by Crippen LogP contribution is -2.42. The Kier molecular flexibility index (Phi) is 3.54. The minimum absolute atomic E-state index is 0.116. The minimum Gasteiger partial charge on any atom is -0.345 e. The molecule has 1 aromatic heterocycles. The summed E-state index contributed by atoms with van der Waals surface area (Å²) in [6, 6.07) is 2.66. The van der Waals surface area contributed by atoms with Crippen molar-refractivity contribution in [2.75, 3.05) is 13.1 Å². The predicted octanol–water partition coefficient (Wildman–Crippen LogP) is 2.04. The summed E-state index contributed by atoms with van der Waals surface area (Å²) in [5, 5.41) is 4.09. The smallest absolute Gasteiger partial charge is 0.270 e. The summed E-state index contributed by atoms with van der Waals surface area (Å²) < 4.78 is 1.82. The Bertz CT molecular complexity index is 475. The number of hydrogen-bond acceptors (Lipinski definition) is 2. The van der Waals surface area contributed by atoms with Crippen molar-refractivity contribution in [2.45, 2.75) is 37.8 Å². The average molecular weight is 282 g/mol.